The topological polar surface area (TPSA) is 44.9 Å². The van der Waals surface area contributed by atoms with E-state index in [-0.39, 0.29) is 5.56 Å². The minimum atomic E-state index is 0.0340. The van der Waals surface area contributed by atoms with E-state index < -0.39 is 0 Å². The van der Waals surface area contributed by atoms with Crippen molar-refractivity contribution in [2.45, 2.75) is 57.4 Å². The van der Waals surface area contributed by atoms with Gasteiger partial charge in [0, 0.05) is 17.8 Å². The highest BCUT2D eigenvalue weighted by molar-refractivity contribution is 5.26. The molecule has 3 nitrogen and oxygen atoms in total. The Kier molecular flexibility index (Phi) is 4.02. The van der Waals surface area contributed by atoms with Crippen LogP contribution in [0.4, 0.5) is 0 Å². The molecule has 0 aromatic carbocycles. The first-order valence-corrected chi connectivity index (χ1v) is 7.78. The van der Waals surface area contributed by atoms with Gasteiger partial charge in [0.2, 0.25) is 5.56 Å². The van der Waals surface area contributed by atoms with Crippen LogP contribution in [-0.2, 0) is 6.42 Å². The lowest BCUT2D eigenvalue weighted by Gasteiger charge is -2.29. The molecule has 0 saturated heterocycles. The second-order valence-corrected chi connectivity index (χ2v) is 6.11. The molecule has 1 saturated carbocycles. The van der Waals surface area contributed by atoms with Gasteiger partial charge in [-0.2, -0.15) is 0 Å². The summed E-state index contributed by atoms with van der Waals surface area (Å²) in [7, 11) is 0. The van der Waals surface area contributed by atoms with Crippen LogP contribution >= 0.6 is 0 Å². The first-order chi connectivity index (χ1) is 9.33. The molecule has 0 aliphatic heterocycles. The number of hydrogen-bond donors (Lipinski definition) is 2. The fourth-order valence-electron chi connectivity index (χ4n) is 3.61. The van der Waals surface area contributed by atoms with E-state index in [1.807, 2.05) is 6.07 Å². The second kappa shape index (κ2) is 5.91. The zero-order chi connectivity index (χ0) is 13.1. The first kappa shape index (κ1) is 12.9. The van der Waals surface area contributed by atoms with Gasteiger partial charge in [-0.3, -0.25) is 4.79 Å². The van der Waals surface area contributed by atoms with Crippen molar-refractivity contribution in [3.05, 3.63) is 33.7 Å². The highest BCUT2D eigenvalue weighted by atomic mass is 16.1. The van der Waals surface area contributed by atoms with Crippen LogP contribution in [0.15, 0.2) is 16.9 Å². The van der Waals surface area contributed by atoms with Crippen LogP contribution in [0.5, 0.6) is 0 Å². The van der Waals surface area contributed by atoms with Gasteiger partial charge in [-0.05, 0) is 50.1 Å². The fraction of sp³-hybridized carbons (Fsp3) is 0.688. The number of rotatable bonds is 3. The molecular formula is C16H24N2O. The number of fused-ring (bicyclic) bond motifs is 1. The van der Waals surface area contributed by atoms with Gasteiger partial charge in [0.05, 0.1) is 0 Å². The summed E-state index contributed by atoms with van der Waals surface area (Å²) in [6.07, 6.45) is 10.4. The van der Waals surface area contributed by atoms with Gasteiger partial charge in [-0.15, -0.1) is 0 Å². The van der Waals surface area contributed by atoms with Gasteiger partial charge in [0.1, 0.15) is 0 Å². The van der Waals surface area contributed by atoms with E-state index in [0.29, 0.717) is 6.04 Å². The molecule has 3 rings (SSSR count). The van der Waals surface area contributed by atoms with Gasteiger partial charge in [0.15, 0.2) is 0 Å². The van der Waals surface area contributed by atoms with Crippen molar-refractivity contribution in [2.24, 2.45) is 5.92 Å². The Bertz CT molecular complexity index is 474. The minimum absolute atomic E-state index is 0.0340. The third kappa shape index (κ3) is 3.08. The number of aromatic nitrogens is 1. The Balaban J connectivity index is 1.64. The zero-order valence-electron chi connectivity index (χ0n) is 11.6. The van der Waals surface area contributed by atoms with Gasteiger partial charge in [-0.1, -0.05) is 25.3 Å². The van der Waals surface area contributed by atoms with E-state index in [9.17, 15) is 4.79 Å². The molecule has 1 unspecified atom stereocenters. The van der Waals surface area contributed by atoms with Crippen LogP contribution in [0.2, 0.25) is 0 Å². The molecule has 1 aromatic rings. The lowest BCUT2D eigenvalue weighted by atomic mass is 9.87. The van der Waals surface area contributed by atoms with Crippen LogP contribution in [-0.4, -0.2) is 11.5 Å². The normalized spacial score (nSPS) is 24.1. The van der Waals surface area contributed by atoms with Crippen LogP contribution < -0.4 is 10.9 Å². The molecule has 1 heterocycles. The van der Waals surface area contributed by atoms with Crippen molar-refractivity contribution in [3.8, 4) is 0 Å². The summed E-state index contributed by atoms with van der Waals surface area (Å²) >= 11 is 0. The highest BCUT2D eigenvalue weighted by Crippen LogP contribution is 2.29. The fourth-order valence-corrected chi connectivity index (χ4v) is 3.61. The maximum Gasteiger partial charge on any atom is 0.248 e. The molecule has 1 atom stereocenters. The van der Waals surface area contributed by atoms with Gasteiger partial charge >= 0.3 is 0 Å². The summed E-state index contributed by atoms with van der Waals surface area (Å²) in [5, 5.41) is 3.74. The molecule has 3 heteroatoms. The van der Waals surface area contributed by atoms with Gasteiger partial charge < -0.3 is 10.3 Å². The number of hydrogen-bond acceptors (Lipinski definition) is 2. The highest BCUT2D eigenvalue weighted by Gasteiger charge is 2.22. The van der Waals surface area contributed by atoms with Crippen LogP contribution in [0.3, 0.4) is 0 Å². The SMILES string of the molecule is O=c1ccc2c([nH]1)CCCC2NCC1CCCCC1. The molecule has 1 fully saturated rings. The van der Waals surface area contributed by atoms with Crippen LogP contribution in [0.25, 0.3) is 0 Å². The lowest BCUT2D eigenvalue weighted by molar-refractivity contribution is 0.318. The summed E-state index contributed by atoms with van der Waals surface area (Å²) in [5.41, 5.74) is 2.51. The molecular weight excluding hydrogens is 236 g/mol. The third-order valence-corrected chi connectivity index (χ3v) is 4.71. The predicted octanol–water partition coefficient (Wildman–Crippen LogP) is 2.92. The Hall–Kier alpha value is -1.09. The molecule has 2 N–H and O–H groups in total. The first-order valence-electron chi connectivity index (χ1n) is 7.78. The number of aryl methyl sites for hydroxylation is 1. The zero-order valence-corrected chi connectivity index (χ0v) is 11.6. The van der Waals surface area contributed by atoms with E-state index in [2.05, 4.69) is 10.3 Å². The molecule has 0 amide bonds. The molecule has 19 heavy (non-hydrogen) atoms. The maximum atomic E-state index is 11.4. The second-order valence-electron chi connectivity index (χ2n) is 6.11. The van der Waals surface area contributed by atoms with Crippen molar-refractivity contribution in [1.29, 1.82) is 0 Å². The Morgan fingerprint density at radius 1 is 1.11 bits per heavy atom. The quantitative estimate of drug-likeness (QED) is 0.877. The van der Waals surface area contributed by atoms with Gasteiger partial charge in [0.25, 0.3) is 0 Å². The van der Waals surface area contributed by atoms with E-state index in [1.165, 1.54) is 50.5 Å². The van der Waals surface area contributed by atoms with Crippen LogP contribution in [0.1, 0.15) is 62.2 Å². The van der Waals surface area contributed by atoms with Gasteiger partial charge in [-0.25, -0.2) is 0 Å². The number of aromatic amines is 1. The monoisotopic (exact) mass is 260 g/mol. The minimum Gasteiger partial charge on any atom is -0.326 e. The standard InChI is InChI=1S/C16H24N2O/c19-16-10-9-13-14(7-4-8-15(13)18-16)17-11-12-5-2-1-3-6-12/h9-10,12,14,17H,1-8,11H2,(H,18,19). The molecule has 2 aliphatic rings. The third-order valence-electron chi connectivity index (χ3n) is 4.71. The smallest absolute Gasteiger partial charge is 0.248 e. The molecule has 2 aliphatic carbocycles. The Morgan fingerprint density at radius 2 is 1.95 bits per heavy atom. The predicted molar refractivity (Wildman–Crippen MR) is 77.3 cm³/mol. The molecule has 1 aromatic heterocycles. The lowest BCUT2D eigenvalue weighted by Crippen LogP contribution is -2.31. The summed E-state index contributed by atoms with van der Waals surface area (Å²) in [5.74, 6) is 0.863. The van der Waals surface area contributed by atoms with Crippen molar-refractivity contribution >= 4 is 0 Å². The van der Waals surface area contributed by atoms with E-state index in [1.54, 1.807) is 6.07 Å². The maximum absolute atomic E-state index is 11.4. The van der Waals surface area contributed by atoms with Crippen molar-refractivity contribution in [3.63, 3.8) is 0 Å². The van der Waals surface area contributed by atoms with Crippen molar-refractivity contribution in [2.75, 3.05) is 6.54 Å². The van der Waals surface area contributed by atoms with Crippen LogP contribution in [0, 0.1) is 5.92 Å². The summed E-state index contributed by atoms with van der Waals surface area (Å²) in [6.45, 7) is 1.14. The number of pyridine rings is 1. The largest absolute Gasteiger partial charge is 0.326 e. The Labute approximate surface area is 114 Å². The molecule has 0 bridgehead atoms. The average molecular weight is 260 g/mol. The van der Waals surface area contributed by atoms with Crippen molar-refractivity contribution < 1.29 is 0 Å². The summed E-state index contributed by atoms with van der Waals surface area (Å²) < 4.78 is 0. The molecule has 104 valence electrons. The Morgan fingerprint density at radius 3 is 2.79 bits per heavy atom. The van der Waals surface area contributed by atoms with E-state index in [4.69, 9.17) is 0 Å². The summed E-state index contributed by atoms with van der Waals surface area (Å²) in [6, 6.07) is 4.13. The number of nitrogens with one attached hydrogen (secondary N) is 2. The summed E-state index contributed by atoms with van der Waals surface area (Å²) in [4.78, 5) is 14.4. The van der Waals surface area contributed by atoms with Crippen molar-refractivity contribution in [1.82, 2.24) is 10.3 Å². The van der Waals surface area contributed by atoms with E-state index in [0.717, 1.165) is 24.6 Å². The molecule has 0 spiro atoms. The molecule has 0 radical (unpaired) electrons. The van der Waals surface area contributed by atoms with E-state index >= 15 is 0 Å². The number of H-pyrrole nitrogens is 1. The average Bonchev–Trinajstić information content (AvgIpc) is 2.45.